The van der Waals surface area contributed by atoms with Crippen LogP contribution in [0.5, 0.6) is 5.75 Å². The summed E-state index contributed by atoms with van der Waals surface area (Å²) in [7, 11) is 0. The van der Waals surface area contributed by atoms with Crippen molar-refractivity contribution in [2.24, 2.45) is 5.10 Å². The molecule has 4 aromatic rings. The molecule has 0 amide bonds. The summed E-state index contributed by atoms with van der Waals surface area (Å²) in [6.07, 6.45) is 6.49. The maximum atomic E-state index is 13.6. The van der Waals surface area contributed by atoms with E-state index in [2.05, 4.69) is 21.0 Å². The molecule has 1 fully saturated rings. The summed E-state index contributed by atoms with van der Waals surface area (Å²) in [5, 5.41) is 17.4. The second kappa shape index (κ2) is 11.9. The minimum atomic E-state index is -0.494. The Balaban J connectivity index is 1.57. The summed E-state index contributed by atoms with van der Waals surface area (Å²) < 4.78 is 8.06. The van der Waals surface area contributed by atoms with Gasteiger partial charge >= 0.3 is 0 Å². The van der Waals surface area contributed by atoms with Crippen LogP contribution in [0.2, 0.25) is 10.0 Å². The van der Waals surface area contributed by atoms with E-state index in [0.29, 0.717) is 43.6 Å². The van der Waals surface area contributed by atoms with Gasteiger partial charge in [0, 0.05) is 43.7 Å². The first-order chi connectivity index (χ1) is 18.8. The van der Waals surface area contributed by atoms with Crippen LogP contribution in [0.3, 0.4) is 0 Å². The molecule has 1 aromatic heterocycles. The summed E-state index contributed by atoms with van der Waals surface area (Å²) in [4.78, 5) is 29.5. The molecule has 0 aliphatic heterocycles. The number of fused-ring (bicyclic) bond motifs is 1. The average Bonchev–Trinajstić information content (AvgIpc) is 2.93. The van der Waals surface area contributed by atoms with Gasteiger partial charge in [-0.25, -0.2) is 4.98 Å². The van der Waals surface area contributed by atoms with Crippen LogP contribution in [0.25, 0.3) is 10.9 Å². The Hall–Kier alpha value is -3.27. The molecule has 0 saturated heterocycles. The fourth-order valence-electron chi connectivity index (χ4n) is 4.70. The molecule has 0 atom stereocenters. The average molecular weight is 630 g/mol. The van der Waals surface area contributed by atoms with E-state index in [1.807, 2.05) is 12.1 Å². The quantitative estimate of drug-likeness (QED) is 0.118. The van der Waals surface area contributed by atoms with E-state index < -0.39 is 4.92 Å². The summed E-state index contributed by atoms with van der Waals surface area (Å²) >= 11 is 15.7. The maximum Gasteiger partial charge on any atom is 0.282 e. The van der Waals surface area contributed by atoms with E-state index in [1.165, 1.54) is 29.1 Å². The van der Waals surface area contributed by atoms with E-state index >= 15 is 0 Å². The number of hydrogen-bond acceptors (Lipinski definition) is 6. The zero-order valence-electron chi connectivity index (χ0n) is 20.6. The van der Waals surface area contributed by atoms with Crippen LogP contribution in [0.15, 0.2) is 69.0 Å². The Labute approximate surface area is 242 Å². The van der Waals surface area contributed by atoms with Gasteiger partial charge < -0.3 is 4.74 Å². The number of benzene rings is 3. The number of nitro groups is 1. The van der Waals surface area contributed by atoms with Crippen molar-refractivity contribution in [2.75, 3.05) is 0 Å². The number of rotatable bonds is 7. The largest absolute Gasteiger partial charge is 0.488 e. The third kappa shape index (κ3) is 6.16. The van der Waals surface area contributed by atoms with Crippen LogP contribution in [-0.2, 0) is 6.61 Å². The van der Waals surface area contributed by atoms with E-state index in [9.17, 15) is 14.9 Å². The first-order valence-electron chi connectivity index (χ1n) is 12.4. The molecule has 1 saturated carbocycles. The number of aromatic nitrogens is 2. The van der Waals surface area contributed by atoms with Crippen molar-refractivity contribution in [3.63, 3.8) is 0 Å². The van der Waals surface area contributed by atoms with Gasteiger partial charge in [0.1, 0.15) is 18.2 Å². The highest BCUT2D eigenvalue weighted by atomic mass is 79.9. The van der Waals surface area contributed by atoms with Crippen LogP contribution in [0.4, 0.5) is 5.69 Å². The molecule has 11 heteroatoms. The molecule has 1 aliphatic carbocycles. The number of nitro benzene ring substituents is 1. The fourth-order valence-corrected chi connectivity index (χ4v) is 5.52. The molecule has 1 aliphatic rings. The SMILES string of the molecule is O=c1c2cc(Br)ccc2nc(C2CCCCC2)n1N=Cc1cc([N+](=O)[O-])ccc1OCc1ccc(Cl)cc1Cl. The lowest BCUT2D eigenvalue weighted by Crippen LogP contribution is -2.25. The van der Waals surface area contributed by atoms with E-state index in [1.54, 1.807) is 24.3 Å². The lowest BCUT2D eigenvalue weighted by atomic mass is 9.88. The van der Waals surface area contributed by atoms with Gasteiger partial charge in [-0.15, -0.1) is 0 Å². The molecule has 200 valence electrons. The van der Waals surface area contributed by atoms with E-state index in [-0.39, 0.29) is 23.8 Å². The molecule has 5 rings (SSSR count). The maximum absolute atomic E-state index is 13.6. The first kappa shape index (κ1) is 27.3. The standard InChI is InChI=1S/C28H23BrCl2N4O4/c29-20-7-10-25-23(13-20)28(36)34(27(33-25)17-4-2-1-3-5-17)32-15-19-12-22(35(37)38)9-11-26(19)39-16-18-6-8-21(30)14-24(18)31/h6-15,17H,1-5,16H2. The van der Waals surface area contributed by atoms with Gasteiger partial charge in [0.25, 0.3) is 11.2 Å². The van der Waals surface area contributed by atoms with Gasteiger partial charge in [-0.3, -0.25) is 14.9 Å². The van der Waals surface area contributed by atoms with Crippen LogP contribution >= 0.6 is 39.1 Å². The van der Waals surface area contributed by atoms with E-state index in [4.69, 9.17) is 32.9 Å². The highest BCUT2D eigenvalue weighted by molar-refractivity contribution is 9.10. The summed E-state index contributed by atoms with van der Waals surface area (Å²) in [5.74, 6) is 1.02. The third-order valence-electron chi connectivity index (χ3n) is 6.72. The Kier molecular flexibility index (Phi) is 8.30. The van der Waals surface area contributed by atoms with Gasteiger partial charge in [-0.2, -0.15) is 9.78 Å². The van der Waals surface area contributed by atoms with Crippen molar-refractivity contribution in [1.29, 1.82) is 0 Å². The number of halogens is 3. The topological polar surface area (TPSA) is 99.6 Å². The summed E-state index contributed by atoms with van der Waals surface area (Å²) in [6.45, 7) is 0.105. The van der Waals surface area contributed by atoms with Gasteiger partial charge in [0.2, 0.25) is 0 Å². The van der Waals surface area contributed by atoms with Gasteiger partial charge in [-0.1, -0.05) is 64.5 Å². The molecular weight excluding hydrogens is 607 g/mol. The van der Waals surface area contributed by atoms with Crippen molar-refractivity contribution in [3.8, 4) is 5.75 Å². The monoisotopic (exact) mass is 628 g/mol. The molecule has 3 aromatic carbocycles. The summed E-state index contributed by atoms with van der Waals surface area (Å²) in [5.41, 5.74) is 1.20. The van der Waals surface area contributed by atoms with Crippen molar-refractivity contribution in [1.82, 2.24) is 9.66 Å². The Morgan fingerprint density at radius 1 is 1.10 bits per heavy atom. The number of nitrogens with zero attached hydrogens (tertiary/aromatic N) is 4. The van der Waals surface area contributed by atoms with Crippen LogP contribution < -0.4 is 10.3 Å². The van der Waals surface area contributed by atoms with Crippen LogP contribution in [-0.4, -0.2) is 20.8 Å². The second-order valence-electron chi connectivity index (χ2n) is 9.33. The first-order valence-corrected chi connectivity index (χ1v) is 14.0. The lowest BCUT2D eigenvalue weighted by molar-refractivity contribution is -0.384. The molecule has 8 nitrogen and oxygen atoms in total. The zero-order chi connectivity index (χ0) is 27.5. The molecular formula is C28H23BrCl2N4O4. The highest BCUT2D eigenvalue weighted by Crippen LogP contribution is 2.32. The van der Waals surface area contributed by atoms with Gasteiger partial charge in [0.05, 0.1) is 22.0 Å². The third-order valence-corrected chi connectivity index (χ3v) is 7.80. The van der Waals surface area contributed by atoms with Crippen molar-refractivity contribution in [3.05, 3.63) is 107 Å². The molecule has 39 heavy (non-hydrogen) atoms. The number of ether oxygens (including phenoxy) is 1. The highest BCUT2D eigenvalue weighted by Gasteiger charge is 2.23. The predicted octanol–water partition coefficient (Wildman–Crippen LogP) is 7.88. The molecule has 0 unspecified atom stereocenters. The van der Waals surface area contributed by atoms with Crippen molar-refractivity contribution < 1.29 is 9.66 Å². The second-order valence-corrected chi connectivity index (χ2v) is 11.1. The minimum Gasteiger partial charge on any atom is -0.488 e. The minimum absolute atomic E-state index is 0.0875. The zero-order valence-corrected chi connectivity index (χ0v) is 23.7. The smallest absolute Gasteiger partial charge is 0.282 e. The van der Waals surface area contributed by atoms with Crippen LogP contribution in [0.1, 0.15) is 55.0 Å². The molecule has 0 bridgehead atoms. The number of hydrogen-bond donors (Lipinski definition) is 0. The molecule has 1 heterocycles. The normalized spacial score (nSPS) is 14.2. The van der Waals surface area contributed by atoms with Gasteiger partial charge in [0.15, 0.2) is 0 Å². The van der Waals surface area contributed by atoms with Gasteiger partial charge in [-0.05, 0) is 49.2 Å². The summed E-state index contributed by atoms with van der Waals surface area (Å²) in [6, 6.07) is 14.7. The van der Waals surface area contributed by atoms with Crippen molar-refractivity contribution >= 4 is 61.9 Å². The fraction of sp³-hybridized carbons (Fsp3) is 0.250. The van der Waals surface area contributed by atoms with Crippen molar-refractivity contribution in [2.45, 2.75) is 44.6 Å². The molecule has 0 N–H and O–H groups in total. The number of non-ortho nitro benzene ring substituents is 1. The Morgan fingerprint density at radius 3 is 2.64 bits per heavy atom. The Bertz CT molecular complexity index is 1650. The van der Waals surface area contributed by atoms with E-state index in [0.717, 1.165) is 36.6 Å². The Morgan fingerprint density at radius 2 is 1.90 bits per heavy atom. The predicted molar refractivity (Wildman–Crippen MR) is 156 cm³/mol. The molecule has 0 spiro atoms. The lowest BCUT2D eigenvalue weighted by Gasteiger charge is -2.22. The van der Waals surface area contributed by atoms with Crippen LogP contribution in [0, 0.1) is 10.1 Å². The molecule has 0 radical (unpaired) electrons.